The minimum Gasteiger partial charge on any atom is -0.204 e. The van der Waals surface area contributed by atoms with Crippen molar-refractivity contribution >= 4 is 10.8 Å². The Bertz CT molecular complexity index is 1090. The molecule has 0 aromatic heterocycles. The molecule has 4 aromatic rings. The first kappa shape index (κ1) is 18.4. The lowest BCUT2D eigenvalue weighted by atomic mass is 9.97. The summed E-state index contributed by atoms with van der Waals surface area (Å²) >= 11 is 0. The molecule has 0 nitrogen and oxygen atoms in total. The van der Waals surface area contributed by atoms with Crippen LogP contribution < -0.4 is 0 Å². The van der Waals surface area contributed by atoms with Gasteiger partial charge in [-0.15, -0.1) is 0 Å². The molecule has 0 heterocycles. The predicted octanol–water partition coefficient (Wildman–Crippen LogP) is 7.79. The molecule has 2 heteroatoms. The van der Waals surface area contributed by atoms with E-state index >= 15 is 0 Å². The molecule has 0 fully saturated rings. The summed E-state index contributed by atoms with van der Waals surface area (Å²) in [6, 6.07) is 25.3. The number of halogens is 2. The summed E-state index contributed by atoms with van der Waals surface area (Å²) in [7, 11) is 0. The molecular weight excluding hydrogens is 350 g/mol. The Morgan fingerprint density at radius 1 is 0.571 bits per heavy atom. The predicted molar refractivity (Wildman–Crippen MR) is 113 cm³/mol. The van der Waals surface area contributed by atoms with Crippen molar-refractivity contribution < 1.29 is 8.78 Å². The van der Waals surface area contributed by atoms with Crippen LogP contribution in [0.5, 0.6) is 0 Å². The number of rotatable bonds is 5. The fourth-order valence-electron chi connectivity index (χ4n) is 3.52. The second-order valence-electron chi connectivity index (χ2n) is 7.21. The van der Waals surface area contributed by atoms with Crippen molar-refractivity contribution in [3.63, 3.8) is 0 Å². The average Bonchev–Trinajstić information content (AvgIpc) is 2.73. The second kappa shape index (κ2) is 7.93. The lowest BCUT2D eigenvalue weighted by Gasteiger charge is -2.08. The van der Waals surface area contributed by atoms with Crippen molar-refractivity contribution in [2.75, 3.05) is 0 Å². The van der Waals surface area contributed by atoms with Crippen LogP contribution in [0.3, 0.4) is 0 Å². The fraction of sp³-hybridized carbons (Fsp3) is 0.154. The van der Waals surface area contributed by atoms with Crippen LogP contribution in [0, 0.1) is 11.6 Å². The normalized spacial score (nSPS) is 11.1. The van der Waals surface area contributed by atoms with E-state index < -0.39 is 11.6 Å². The summed E-state index contributed by atoms with van der Waals surface area (Å²) < 4.78 is 26.9. The molecule has 0 bridgehead atoms. The van der Waals surface area contributed by atoms with Crippen LogP contribution in [-0.4, -0.2) is 0 Å². The van der Waals surface area contributed by atoms with E-state index in [-0.39, 0.29) is 0 Å². The lowest BCUT2D eigenvalue weighted by Crippen LogP contribution is -1.86. The van der Waals surface area contributed by atoms with Gasteiger partial charge in [0.2, 0.25) is 0 Å². The molecule has 4 aromatic carbocycles. The maximum absolute atomic E-state index is 13.5. The topological polar surface area (TPSA) is 0 Å². The van der Waals surface area contributed by atoms with E-state index in [2.05, 4.69) is 55.5 Å². The first-order valence-corrected chi connectivity index (χ1v) is 9.72. The Balaban J connectivity index is 1.59. The van der Waals surface area contributed by atoms with Crippen molar-refractivity contribution in [3.8, 4) is 22.3 Å². The van der Waals surface area contributed by atoms with Gasteiger partial charge in [0.1, 0.15) is 0 Å². The van der Waals surface area contributed by atoms with Gasteiger partial charge in [-0.3, -0.25) is 0 Å². The Morgan fingerprint density at radius 2 is 1.07 bits per heavy atom. The third-order valence-electron chi connectivity index (χ3n) is 5.20. The zero-order valence-electron chi connectivity index (χ0n) is 15.9. The van der Waals surface area contributed by atoms with Crippen molar-refractivity contribution in [2.45, 2.75) is 26.2 Å². The molecule has 0 aliphatic heterocycles. The number of unbranched alkanes of at least 4 members (excludes halogenated alkanes) is 1. The molecule has 28 heavy (non-hydrogen) atoms. The largest absolute Gasteiger partial charge is 0.204 e. The molecule has 0 aliphatic rings. The Labute approximate surface area is 164 Å². The van der Waals surface area contributed by atoms with Crippen LogP contribution >= 0.6 is 0 Å². The summed E-state index contributed by atoms with van der Waals surface area (Å²) in [5, 5.41) is 1.39. The highest BCUT2D eigenvalue weighted by Crippen LogP contribution is 2.28. The first-order chi connectivity index (χ1) is 13.6. The van der Waals surface area contributed by atoms with Gasteiger partial charge in [-0.05, 0) is 69.6 Å². The molecule has 0 radical (unpaired) electrons. The summed E-state index contributed by atoms with van der Waals surface area (Å²) in [5.74, 6) is -1.63. The second-order valence-corrected chi connectivity index (χ2v) is 7.21. The van der Waals surface area contributed by atoms with Crippen LogP contribution in [-0.2, 0) is 6.42 Å². The van der Waals surface area contributed by atoms with E-state index in [0.717, 1.165) is 17.5 Å². The zero-order valence-corrected chi connectivity index (χ0v) is 15.9. The number of aryl methyl sites for hydroxylation is 1. The monoisotopic (exact) mass is 372 g/mol. The van der Waals surface area contributed by atoms with Gasteiger partial charge < -0.3 is 0 Å². The van der Waals surface area contributed by atoms with Gasteiger partial charge in [-0.25, -0.2) is 8.78 Å². The molecule has 140 valence electrons. The van der Waals surface area contributed by atoms with E-state index in [0.29, 0.717) is 10.8 Å². The number of benzene rings is 4. The highest BCUT2D eigenvalue weighted by molar-refractivity contribution is 5.87. The molecular formula is C26H22F2. The summed E-state index contributed by atoms with van der Waals surface area (Å²) in [6.07, 6.45) is 3.55. The molecule has 0 saturated carbocycles. The first-order valence-electron chi connectivity index (χ1n) is 9.72. The number of hydrogen-bond acceptors (Lipinski definition) is 0. The minimum atomic E-state index is -0.817. The van der Waals surface area contributed by atoms with Gasteiger partial charge >= 0.3 is 0 Å². The van der Waals surface area contributed by atoms with E-state index in [9.17, 15) is 8.78 Å². The highest BCUT2D eigenvalue weighted by Gasteiger charge is 2.06. The van der Waals surface area contributed by atoms with Gasteiger partial charge in [0.15, 0.2) is 11.6 Å². The van der Waals surface area contributed by atoms with Crippen molar-refractivity contribution in [3.05, 3.63) is 96.1 Å². The maximum atomic E-state index is 13.5. The quantitative estimate of drug-likeness (QED) is 0.335. The highest BCUT2D eigenvalue weighted by atomic mass is 19.2. The fourth-order valence-corrected chi connectivity index (χ4v) is 3.52. The Morgan fingerprint density at radius 3 is 1.68 bits per heavy atom. The SMILES string of the molecule is CCCCc1ccc(-c2ccc(-c3ccc4cc(F)c(F)cc4c3)cc2)cc1. The van der Waals surface area contributed by atoms with E-state index in [1.165, 1.54) is 41.7 Å². The minimum absolute atomic E-state index is 0.697. The van der Waals surface area contributed by atoms with E-state index in [1.807, 2.05) is 18.2 Å². The number of fused-ring (bicyclic) bond motifs is 1. The summed E-state index contributed by atoms with van der Waals surface area (Å²) in [5.41, 5.74) is 5.78. The van der Waals surface area contributed by atoms with Crippen LogP contribution in [0.1, 0.15) is 25.3 Å². The standard InChI is InChI=1S/C26H22F2/c1-2-3-4-18-5-7-19(8-6-18)20-9-11-21(12-10-20)22-13-14-23-16-25(27)26(28)17-24(23)15-22/h5-17H,2-4H2,1H3. The molecule has 0 spiro atoms. The van der Waals surface area contributed by atoms with E-state index in [1.54, 1.807) is 0 Å². The molecule has 0 amide bonds. The van der Waals surface area contributed by atoms with Crippen LogP contribution in [0.15, 0.2) is 78.9 Å². The molecule has 0 saturated heterocycles. The van der Waals surface area contributed by atoms with Gasteiger partial charge in [0.25, 0.3) is 0 Å². The third kappa shape index (κ3) is 3.82. The van der Waals surface area contributed by atoms with Gasteiger partial charge in [0.05, 0.1) is 0 Å². The van der Waals surface area contributed by atoms with Gasteiger partial charge in [-0.2, -0.15) is 0 Å². The molecule has 0 atom stereocenters. The van der Waals surface area contributed by atoms with Crippen LogP contribution in [0.2, 0.25) is 0 Å². The Hall–Kier alpha value is -3.00. The van der Waals surface area contributed by atoms with E-state index in [4.69, 9.17) is 0 Å². The van der Waals surface area contributed by atoms with Crippen molar-refractivity contribution in [1.82, 2.24) is 0 Å². The average molecular weight is 372 g/mol. The summed E-state index contributed by atoms with van der Waals surface area (Å²) in [6.45, 7) is 2.21. The maximum Gasteiger partial charge on any atom is 0.159 e. The van der Waals surface area contributed by atoms with Crippen LogP contribution in [0.25, 0.3) is 33.0 Å². The van der Waals surface area contributed by atoms with Crippen LogP contribution in [0.4, 0.5) is 8.78 Å². The molecule has 4 rings (SSSR count). The smallest absolute Gasteiger partial charge is 0.159 e. The molecule has 0 unspecified atom stereocenters. The third-order valence-corrected chi connectivity index (χ3v) is 5.20. The Kier molecular flexibility index (Phi) is 5.21. The van der Waals surface area contributed by atoms with Crippen molar-refractivity contribution in [2.24, 2.45) is 0 Å². The lowest BCUT2D eigenvalue weighted by molar-refractivity contribution is 0.511. The van der Waals surface area contributed by atoms with Gasteiger partial charge in [-0.1, -0.05) is 74.0 Å². The molecule has 0 aliphatic carbocycles. The molecule has 0 N–H and O–H groups in total. The zero-order chi connectivity index (χ0) is 19.5. The van der Waals surface area contributed by atoms with Crippen molar-refractivity contribution in [1.29, 1.82) is 0 Å². The number of hydrogen-bond donors (Lipinski definition) is 0. The summed E-state index contributed by atoms with van der Waals surface area (Å²) in [4.78, 5) is 0. The van der Waals surface area contributed by atoms with Gasteiger partial charge in [0, 0.05) is 0 Å².